The molecular weight excluding hydrogens is 452 g/mol. The number of hydrogen-bond donors (Lipinski definition) is 2. The van der Waals surface area contributed by atoms with E-state index in [1.54, 1.807) is 6.08 Å². The summed E-state index contributed by atoms with van der Waals surface area (Å²) in [6.07, 6.45) is 5.83. The third-order valence-corrected chi connectivity index (χ3v) is 6.15. The third-order valence-electron chi connectivity index (χ3n) is 3.79. The molecule has 0 aliphatic rings. The van der Waals surface area contributed by atoms with Crippen molar-refractivity contribution in [3.8, 4) is 0 Å². The van der Waals surface area contributed by atoms with Gasteiger partial charge in [-0.3, -0.25) is 4.79 Å². The lowest BCUT2D eigenvalue weighted by molar-refractivity contribution is -0.116. The van der Waals surface area contributed by atoms with Crippen LogP contribution in [0, 0.1) is 0 Å². The molecule has 0 fully saturated rings. The first-order valence-electron chi connectivity index (χ1n) is 9.10. The molecule has 0 atom stereocenters. The number of carbonyl (C=O) groups is 1. The Morgan fingerprint density at radius 1 is 1.14 bits per heavy atom. The van der Waals surface area contributed by atoms with Crippen LogP contribution in [-0.4, -0.2) is 17.5 Å². The minimum absolute atomic E-state index is 0.121. The molecule has 1 amide bonds. The molecule has 2 aromatic carbocycles. The first-order chi connectivity index (χ1) is 13.6. The Balaban J connectivity index is 1.73. The number of nitrogens with one attached hydrogen (secondary N) is 1. The summed E-state index contributed by atoms with van der Waals surface area (Å²) in [7, 11) is 0. The topological polar surface area (TPSA) is 55.1 Å². The minimum Gasteiger partial charge on any atom is -0.398 e. The summed E-state index contributed by atoms with van der Waals surface area (Å²) >= 11 is 6.72. The van der Waals surface area contributed by atoms with Crippen LogP contribution in [0.3, 0.4) is 0 Å². The molecule has 3 nitrogen and oxygen atoms in total. The number of halogens is 1. The zero-order valence-corrected chi connectivity index (χ0v) is 19.1. The van der Waals surface area contributed by atoms with Crippen LogP contribution in [0.2, 0.25) is 0 Å². The normalized spacial score (nSPS) is 11.7. The van der Waals surface area contributed by atoms with Crippen LogP contribution in [0.5, 0.6) is 0 Å². The molecule has 0 saturated carbocycles. The van der Waals surface area contributed by atoms with E-state index >= 15 is 0 Å². The van der Waals surface area contributed by atoms with E-state index in [1.165, 1.54) is 29.5 Å². The lowest BCUT2D eigenvalue weighted by Crippen LogP contribution is -2.19. The van der Waals surface area contributed by atoms with Gasteiger partial charge in [0.05, 0.1) is 5.88 Å². The molecule has 148 valence electrons. The molecule has 2 aromatic rings. The number of hydrogen-bond acceptors (Lipinski definition) is 4. The molecule has 3 N–H and O–H groups in total. The highest BCUT2D eigenvalue weighted by Crippen LogP contribution is 2.20. The van der Waals surface area contributed by atoms with Crippen LogP contribution >= 0.6 is 39.5 Å². The van der Waals surface area contributed by atoms with E-state index in [9.17, 15) is 4.79 Å². The quantitative estimate of drug-likeness (QED) is 0.187. The number of carbonyl (C=O) groups excluding carboxylic acids is 1. The van der Waals surface area contributed by atoms with Gasteiger partial charge in [0.1, 0.15) is 0 Å². The van der Waals surface area contributed by atoms with Gasteiger partial charge < -0.3 is 11.1 Å². The van der Waals surface area contributed by atoms with Crippen LogP contribution in [0.15, 0.2) is 69.4 Å². The van der Waals surface area contributed by atoms with Crippen LogP contribution in [-0.2, 0) is 4.79 Å². The van der Waals surface area contributed by atoms with Gasteiger partial charge in [-0.1, -0.05) is 53.5 Å². The zero-order chi connectivity index (χ0) is 20.2. The Labute approximate surface area is 184 Å². The first kappa shape index (κ1) is 22.7. The smallest absolute Gasteiger partial charge is 0.244 e. The number of unbranched alkanes of at least 4 members (excludes halogenated alkanes) is 1. The fourth-order valence-electron chi connectivity index (χ4n) is 2.19. The molecule has 0 radical (unpaired) electrons. The number of benzene rings is 2. The highest BCUT2D eigenvalue weighted by atomic mass is 79.9. The molecular formula is C22H25BrN2OS2. The van der Waals surface area contributed by atoms with Crippen molar-refractivity contribution < 1.29 is 4.79 Å². The summed E-state index contributed by atoms with van der Waals surface area (Å²) in [6.45, 7) is 2.20. The maximum absolute atomic E-state index is 11.9. The van der Waals surface area contributed by atoms with Gasteiger partial charge in [-0.2, -0.15) is 0 Å². The van der Waals surface area contributed by atoms with Gasteiger partial charge in [0.2, 0.25) is 5.91 Å². The van der Waals surface area contributed by atoms with Crippen molar-refractivity contribution in [2.45, 2.75) is 24.7 Å². The van der Waals surface area contributed by atoms with Gasteiger partial charge in [-0.25, -0.2) is 0 Å². The predicted molar refractivity (Wildman–Crippen MR) is 128 cm³/mol. The highest BCUT2D eigenvalue weighted by Gasteiger charge is 1.98. The summed E-state index contributed by atoms with van der Waals surface area (Å²) in [5.74, 6) is 1.49. The number of thioether (sulfide) groups is 2. The van der Waals surface area contributed by atoms with E-state index in [0.717, 1.165) is 21.4 Å². The van der Waals surface area contributed by atoms with Gasteiger partial charge in [-0.05, 0) is 59.1 Å². The summed E-state index contributed by atoms with van der Waals surface area (Å²) < 4.78 is 1.01. The molecule has 0 aliphatic carbocycles. The monoisotopic (exact) mass is 476 g/mol. The fraction of sp³-hybridized carbons (Fsp3) is 0.227. The van der Waals surface area contributed by atoms with E-state index in [4.69, 9.17) is 5.73 Å². The first-order valence-corrected chi connectivity index (χ1v) is 11.9. The van der Waals surface area contributed by atoms with E-state index in [2.05, 4.69) is 40.3 Å². The zero-order valence-electron chi connectivity index (χ0n) is 15.9. The van der Waals surface area contributed by atoms with Gasteiger partial charge in [0.15, 0.2) is 0 Å². The molecule has 0 aliphatic heterocycles. The lowest BCUT2D eigenvalue weighted by atomic mass is 10.2. The van der Waals surface area contributed by atoms with Gasteiger partial charge in [0, 0.05) is 21.1 Å². The average Bonchev–Trinajstić information content (AvgIpc) is 2.71. The second kappa shape index (κ2) is 12.8. The summed E-state index contributed by atoms with van der Waals surface area (Å²) in [4.78, 5) is 13.2. The largest absolute Gasteiger partial charge is 0.398 e. The van der Waals surface area contributed by atoms with E-state index in [1.807, 2.05) is 59.6 Å². The van der Waals surface area contributed by atoms with Crippen molar-refractivity contribution >= 4 is 57.1 Å². The maximum atomic E-state index is 11.9. The van der Waals surface area contributed by atoms with Crippen LogP contribution in [0.1, 0.15) is 30.9 Å². The Hall–Kier alpha value is -1.63. The van der Waals surface area contributed by atoms with Crippen molar-refractivity contribution in [3.63, 3.8) is 0 Å². The molecule has 0 unspecified atom stereocenters. The average molecular weight is 477 g/mol. The predicted octanol–water partition coefficient (Wildman–Crippen LogP) is 6.12. The van der Waals surface area contributed by atoms with Gasteiger partial charge >= 0.3 is 0 Å². The van der Waals surface area contributed by atoms with Crippen molar-refractivity contribution in [3.05, 3.63) is 75.6 Å². The Bertz CT molecular complexity index is 802. The second-order valence-electron chi connectivity index (χ2n) is 6.04. The Kier molecular flexibility index (Phi) is 10.3. The number of rotatable bonds is 10. The highest BCUT2D eigenvalue weighted by molar-refractivity contribution is 9.10. The second-order valence-corrected chi connectivity index (χ2v) is 8.98. The van der Waals surface area contributed by atoms with Gasteiger partial charge in [0.25, 0.3) is 0 Å². The molecule has 28 heavy (non-hydrogen) atoms. The van der Waals surface area contributed by atoms with E-state index in [-0.39, 0.29) is 5.91 Å². The van der Waals surface area contributed by atoms with Crippen molar-refractivity contribution in [2.75, 3.05) is 11.6 Å². The fourth-order valence-corrected chi connectivity index (χ4v) is 4.08. The van der Waals surface area contributed by atoms with E-state index < -0.39 is 0 Å². The molecule has 6 heteroatoms. The standard InChI is InChI=1S/C22H25BrN2OS2/c1-2-3-14-28-20-11-4-17(5-12-20)6-13-22(26)25-16-27-15-21(24)18-7-9-19(23)10-8-18/h4-13,15H,2-3,14,16,24H2,1H3,(H,25,26)/b13-6+,21-15-. The number of nitrogens with two attached hydrogens (primary N) is 1. The SMILES string of the molecule is CCCCSc1ccc(/C=C/C(=O)NCS/C=C(\N)c2ccc(Br)cc2)cc1. The van der Waals surface area contributed by atoms with E-state index in [0.29, 0.717) is 11.6 Å². The van der Waals surface area contributed by atoms with Crippen LogP contribution in [0.4, 0.5) is 0 Å². The Morgan fingerprint density at radius 2 is 1.86 bits per heavy atom. The molecule has 0 bridgehead atoms. The molecule has 0 saturated heterocycles. The maximum Gasteiger partial charge on any atom is 0.244 e. The summed E-state index contributed by atoms with van der Waals surface area (Å²) in [5, 5.41) is 4.69. The van der Waals surface area contributed by atoms with Crippen molar-refractivity contribution in [1.82, 2.24) is 5.32 Å². The summed E-state index contributed by atoms with van der Waals surface area (Å²) in [6, 6.07) is 16.1. The number of amides is 1. The summed E-state index contributed by atoms with van der Waals surface area (Å²) in [5.41, 5.74) is 8.70. The Morgan fingerprint density at radius 3 is 2.54 bits per heavy atom. The van der Waals surface area contributed by atoms with Crippen molar-refractivity contribution in [2.24, 2.45) is 5.73 Å². The molecule has 2 rings (SSSR count). The third kappa shape index (κ3) is 8.59. The van der Waals surface area contributed by atoms with Gasteiger partial charge in [-0.15, -0.1) is 23.5 Å². The van der Waals surface area contributed by atoms with Crippen LogP contribution < -0.4 is 11.1 Å². The minimum atomic E-state index is -0.121. The van der Waals surface area contributed by atoms with Crippen LogP contribution in [0.25, 0.3) is 11.8 Å². The van der Waals surface area contributed by atoms with Crippen molar-refractivity contribution in [1.29, 1.82) is 0 Å². The molecule has 0 spiro atoms. The molecule has 0 aromatic heterocycles. The molecule has 0 heterocycles. The lowest BCUT2D eigenvalue weighted by Gasteiger charge is -2.03.